The zero-order valence-corrected chi connectivity index (χ0v) is 11.1. The number of rotatable bonds is 4. The van der Waals surface area contributed by atoms with Crippen LogP contribution in [0.1, 0.15) is 28.3 Å². The number of amides is 1. The van der Waals surface area contributed by atoms with Crippen LogP contribution < -0.4 is 11.1 Å². The highest BCUT2D eigenvalue weighted by molar-refractivity contribution is 7.10. The van der Waals surface area contributed by atoms with Crippen LogP contribution in [-0.4, -0.2) is 10.9 Å². The number of hydrogen-bond acceptors (Lipinski definition) is 5. The van der Waals surface area contributed by atoms with Gasteiger partial charge >= 0.3 is 0 Å². The number of nitrogens with zero attached hydrogens (tertiary/aromatic N) is 1. The quantitative estimate of drug-likeness (QED) is 0.881. The lowest BCUT2D eigenvalue weighted by Gasteiger charge is -2.08. The lowest BCUT2D eigenvalue weighted by Crippen LogP contribution is -2.33. The molecular weight excluding hydrogens is 250 g/mol. The molecule has 2 aromatic rings. The van der Waals surface area contributed by atoms with Crippen molar-refractivity contribution in [2.45, 2.75) is 26.4 Å². The maximum atomic E-state index is 11.8. The Morgan fingerprint density at radius 1 is 1.61 bits per heavy atom. The predicted octanol–water partition coefficient (Wildman–Crippen LogP) is 1.67. The molecule has 1 amide bonds. The third-order valence-corrected chi connectivity index (χ3v) is 3.57. The van der Waals surface area contributed by atoms with Crippen molar-refractivity contribution < 1.29 is 9.21 Å². The first-order valence-electron chi connectivity index (χ1n) is 5.57. The normalized spacial score (nSPS) is 12.4. The fourth-order valence-electron chi connectivity index (χ4n) is 1.48. The van der Waals surface area contributed by atoms with E-state index in [-0.39, 0.29) is 12.5 Å². The number of hydrogen-bond donors (Lipinski definition) is 2. The van der Waals surface area contributed by atoms with Crippen molar-refractivity contribution in [3.63, 3.8) is 0 Å². The van der Waals surface area contributed by atoms with E-state index in [0.29, 0.717) is 5.89 Å². The van der Waals surface area contributed by atoms with Crippen LogP contribution in [0.3, 0.4) is 0 Å². The van der Waals surface area contributed by atoms with E-state index in [1.165, 1.54) is 11.3 Å². The second-order valence-electron chi connectivity index (χ2n) is 3.96. The van der Waals surface area contributed by atoms with Gasteiger partial charge in [0.2, 0.25) is 11.8 Å². The lowest BCUT2D eigenvalue weighted by molar-refractivity contribution is -0.122. The highest BCUT2D eigenvalue weighted by atomic mass is 32.1. The molecule has 18 heavy (non-hydrogen) atoms. The Kier molecular flexibility index (Phi) is 3.78. The Morgan fingerprint density at radius 3 is 2.94 bits per heavy atom. The van der Waals surface area contributed by atoms with Crippen LogP contribution >= 0.6 is 11.3 Å². The third-order valence-electron chi connectivity index (χ3n) is 2.62. The van der Waals surface area contributed by atoms with Crippen LogP contribution in [0.4, 0.5) is 0 Å². The molecule has 5 nitrogen and oxygen atoms in total. The van der Waals surface area contributed by atoms with Gasteiger partial charge in [-0.2, -0.15) is 0 Å². The largest absolute Gasteiger partial charge is 0.444 e. The van der Waals surface area contributed by atoms with Gasteiger partial charge in [0.1, 0.15) is 11.8 Å². The lowest BCUT2D eigenvalue weighted by atomic mass is 10.2. The second-order valence-corrected chi connectivity index (χ2v) is 4.94. The fourth-order valence-corrected chi connectivity index (χ4v) is 2.21. The molecule has 0 saturated carbocycles. The summed E-state index contributed by atoms with van der Waals surface area (Å²) in [7, 11) is 0. The summed E-state index contributed by atoms with van der Waals surface area (Å²) in [6.45, 7) is 3.96. The molecular formula is C12H15N3O2S. The van der Waals surface area contributed by atoms with Gasteiger partial charge in [0.25, 0.3) is 0 Å². The number of nitrogens with one attached hydrogen (secondary N) is 1. The summed E-state index contributed by atoms with van der Waals surface area (Å²) >= 11 is 1.46. The number of aromatic nitrogens is 1. The molecule has 0 aromatic carbocycles. The molecule has 0 radical (unpaired) electrons. The molecule has 3 N–H and O–H groups in total. The van der Waals surface area contributed by atoms with Crippen LogP contribution in [0.2, 0.25) is 0 Å². The first kappa shape index (κ1) is 12.8. The van der Waals surface area contributed by atoms with Gasteiger partial charge in [0.05, 0.1) is 12.2 Å². The number of aryl methyl sites for hydroxylation is 2. The maximum absolute atomic E-state index is 11.8. The van der Waals surface area contributed by atoms with Crippen molar-refractivity contribution in [2.24, 2.45) is 5.73 Å². The van der Waals surface area contributed by atoms with E-state index in [9.17, 15) is 4.79 Å². The Balaban J connectivity index is 1.92. The summed E-state index contributed by atoms with van der Waals surface area (Å²) in [6.07, 6.45) is 0. The molecule has 6 heteroatoms. The van der Waals surface area contributed by atoms with Gasteiger partial charge in [-0.05, 0) is 25.3 Å². The molecule has 0 aliphatic heterocycles. The van der Waals surface area contributed by atoms with Crippen LogP contribution in [0.5, 0.6) is 0 Å². The summed E-state index contributed by atoms with van der Waals surface area (Å²) in [5, 5.41) is 4.61. The van der Waals surface area contributed by atoms with E-state index in [4.69, 9.17) is 10.2 Å². The van der Waals surface area contributed by atoms with E-state index in [1.807, 2.05) is 31.4 Å². The Hall–Kier alpha value is -1.66. The minimum Gasteiger partial charge on any atom is -0.444 e. The molecule has 2 rings (SSSR count). The van der Waals surface area contributed by atoms with Crippen molar-refractivity contribution in [1.29, 1.82) is 0 Å². The van der Waals surface area contributed by atoms with Gasteiger partial charge in [0, 0.05) is 4.88 Å². The first-order valence-corrected chi connectivity index (χ1v) is 6.45. The molecule has 96 valence electrons. The van der Waals surface area contributed by atoms with Gasteiger partial charge in [0.15, 0.2) is 0 Å². The summed E-state index contributed by atoms with van der Waals surface area (Å²) in [5.41, 5.74) is 6.66. The standard InChI is InChI=1S/C12H15N3O2S/c1-7-8(2)17-10(15-7)6-14-12(16)11(13)9-4-3-5-18-9/h3-5,11H,6,13H2,1-2H3,(H,14,16). The van der Waals surface area contributed by atoms with Crippen molar-refractivity contribution in [3.8, 4) is 0 Å². The molecule has 0 spiro atoms. The monoisotopic (exact) mass is 265 g/mol. The Labute approximate surface area is 109 Å². The molecule has 0 aliphatic carbocycles. The number of thiophene rings is 1. The zero-order valence-electron chi connectivity index (χ0n) is 10.3. The van der Waals surface area contributed by atoms with Gasteiger partial charge in [-0.1, -0.05) is 6.07 Å². The van der Waals surface area contributed by atoms with E-state index in [0.717, 1.165) is 16.3 Å². The smallest absolute Gasteiger partial charge is 0.242 e. The number of carbonyl (C=O) groups excluding carboxylic acids is 1. The molecule has 0 fully saturated rings. The van der Waals surface area contributed by atoms with Crippen LogP contribution in [-0.2, 0) is 11.3 Å². The average molecular weight is 265 g/mol. The van der Waals surface area contributed by atoms with Crippen molar-refractivity contribution in [3.05, 3.63) is 39.7 Å². The summed E-state index contributed by atoms with van der Waals surface area (Å²) < 4.78 is 5.37. The summed E-state index contributed by atoms with van der Waals surface area (Å²) in [6, 6.07) is 3.07. The molecule has 2 aromatic heterocycles. The molecule has 0 aliphatic rings. The molecule has 1 unspecified atom stereocenters. The van der Waals surface area contributed by atoms with Gasteiger partial charge in [-0.15, -0.1) is 11.3 Å². The summed E-state index contributed by atoms with van der Waals surface area (Å²) in [5.74, 6) is 1.03. The Morgan fingerprint density at radius 2 is 2.39 bits per heavy atom. The predicted molar refractivity (Wildman–Crippen MR) is 69.1 cm³/mol. The van der Waals surface area contributed by atoms with Gasteiger partial charge < -0.3 is 15.5 Å². The van der Waals surface area contributed by atoms with E-state index < -0.39 is 6.04 Å². The fraction of sp³-hybridized carbons (Fsp3) is 0.333. The molecule has 0 bridgehead atoms. The minimum atomic E-state index is -0.637. The van der Waals surface area contributed by atoms with Crippen molar-refractivity contribution in [1.82, 2.24) is 10.3 Å². The van der Waals surface area contributed by atoms with E-state index in [1.54, 1.807) is 0 Å². The highest BCUT2D eigenvalue weighted by Crippen LogP contribution is 2.16. The van der Waals surface area contributed by atoms with Crippen LogP contribution in [0.25, 0.3) is 0 Å². The number of nitrogens with two attached hydrogens (primary N) is 1. The second kappa shape index (κ2) is 5.32. The number of oxazole rings is 1. The van der Waals surface area contributed by atoms with Gasteiger partial charge in [-0.25, -0.2) is 4.98 Å². The average Bonchev–Trinajstić information content (AvgIpc) is 2.96. The molecule has 0 saturated heterocycles. The topological polar surface area (TPSA) is 81.2 Å². The van der Waals surface area contributed by atoms with Crippen LogP contribution in [0, 0.1) is 13.8 Å². The van der Waals surface area contributed by atoms with Gasteiger partial charge in [-0.3, -0.25) is 4.79 Å². The minimum absolute atomic E-state index is 0.231. The Bertz CT molecular complexity index is 514. The highest BCUT2D eigenvalue weighted by Gasteiger charge is 2.17. The van der Waals surface area contributed by atoms with Crippen molar-refractivity contribution in [2.75, 3.05) is 0 Å². The molecule has 2 heterocycles. The SMILES string of the molecule is Cc1nc(CNC(=O)C(N)c2cccs2)oc1C. The van der Waals surface area contributed by atoms with E-state index >= 15 is 0 Å². The van der Waals surface area contributed by atoms with Crippen LogP contribution in [0.15, 0.2) is 21.9 Å². The number of carbonyl (C=O) groups is 1. The first-order chi connectivity index (χ1) is 8.58. The summed E-state index contributed by atoms with van der Waals surface area (Å²) in [4.78, 5) is 16.8. The zero-order chi connectivity index (χ0) is 13.1. The maximum Gasteiger partial charge on any atom is 0.242 e. The van der Waals surface area contributed by atoms with Crippen molar-refractivity contribution >= 4 is 17.2 Å². The third kappa shape index (κ3) is 2.77. The van der Waals surface area contributed by atoms with E-state index in [2.05, 4.69) is 10.3 Å². The molecule has 1 atom stereocenters.